The first kappa shape index (κ1) is 35.8. The minimum Gasteiger partial charge on any atom is -0.456 e. The van der Waals surface area contributed by atoms with Crippen molar-refractivity contribution in [3.05, 3.63) is 251 Å². The van der Waals surface area contributed by atoms with E-state index < -0.39 is 5.41 Å². The first-order valence-electron chi connectivity index (χ1n) is 21.1. The predicted octanol–water partition coefficient (Wildman–Crippen LogP) is 13.6. The first-order valence-corrected chi connectivity index (χ1v) is 21.1. The van der Waals surface area contributed by atoms with Crippen molar-refractivity contribution in [1.82, 2.24) is 0 Å². The maximum atomic E-state index is 6.72. The molecule has 1 spiro atoms. The van der Waals surface area contributed by atoms with Crippen LogP contribution in [0, 0.1) is 0 Å². The zero-order chi connectivity index (χ0) is 41.2. The van der Waals surface area contributed by atoms with Crippen LogP contribution in [0.1, 0.15) is 38.9 Å². The van der Waals surface area contributed by atoms with Gasteiger partial charge in [0, 0.05) is 21.9 Å². The van der Waals surface area contributed by atoms with E-state index in [1.165, 1.54) is 50.1 Å². The largest absolute Gasteiger partial charge is 0.456 e. The molecule has 1 heterocycles. The average Bonchev–Trinajstić information content (AvgIpc) is 3.98. The van der Waals surface area contributed by atoms with Crippen molar-refractivity contribution in [2.75, 3.05) is 0 Å². The van der Waals surface area contributed by atoms with Crippen molar-refractivity contribution >= 4 is 33.6 Å². The summed E-state index contributed by atoms with van der Waals surface area (Å²) in [7, 11) is 0. The van der Waals surface area contributed by atoms with Gasteiger partial charge in [0.05, 0.1) is 12.0 Å². The van der Waals surface area contributed by atoms with Gasteiger partial charge in [0.1, 0.15) is 17.0 Å². The number of hydrogen-bond acceptors (Lipinski definition) is 2. The second-order valence-corrected chi connectivity index (χ2v) is 16.2. The summed E-state index contributed by atoms with van der Waals surface area (Å²) in [6.45, 7) is 0.388. The summed E-state index contributed by atoms with van der Waals surface area (Å²) in [5.74, 6) is 0.982. The molecular formula is C58H39N3O. The lowest BCUT2D eigenvalue weighted by Gasteiger charge is -2.30. The Bertz CT molecular complexity index is 3390. The molecule has 0 atom stereocenters. The van der Waals surface area contributed by atoms with Gasteiger partial charge in [0.15, 0.2) is 5.84 Å². The lowest BCUT2D eigenvalue weighted by Crippen LogP contribution is -2.25. The third-order valence-electron chi connectivity index (χ3n) is 12.9. The van der Waals surface area contributed by atoms with Crippen LogP contribution in [-0.2, 0) is 12.0 Å². The highest BCUT2D eigenvalue weighted by Gasteiger charge is 2.51. The molecule has 62 heavy (non-hydrogen) atoms. The van der Waals surface area contributed by atoms with Crippen molar-refractivity contribution in [2.24, 2.45) is 15.7 Å². The molecule has 0 radical (unpaired) electrons. The summed E-state index contributed by atoms with van der Waals surface area (Å²) < 4.78 is 6.55. The highest BCUT2D eigenvalue weighted by Crippen LogP contribution is 2.64. The number of hydrogen-bond donors (Lipinski definition) is 1. The van der Waals surface area contributed by atoms with Crippen molar-refractivity contribution in [3.63, 3.8) is 0 Å². The molecule has 4 heteroatoms. The van der Waals surface area contributed by atoms with Gasteiger partial charge in [-0.1, -0.05) is 194 Å². The van der Waals surface area contributed by atoms with Crippen LogP contribution in [0.5, 0.6) is 0 Å². The minimum atomic E-state index is -0.402. The van der Waals surface area contributed by atoms with E-state index in [2.05, 4.69) is 140 Å². The lowest BCUT2D eigenvalue weighted by molar-refractivity contribution is 0.668. The number of rotatable bonds is 6. The van der Waals surface area contributed by atoms with E-state index in [1.807, 2.05) is 72.8 Å². The number of aliphatic imine (C=N–C) groups is 2. The van der Waals surface area contributed by atoms with Crippen LogP contribution in [0.4, 0.5) is 0 Å². The van der Waals surface area contributed by atoms with E-state index in [0.29, 0.717) is 18.2 Å². The fraction of sp³-hybridized carbons (Fsp3) is 0.0345. The Labute approximate surface area is 360 Å². The second kappa shape index (κ2) is 14.3. The Balaban J connectivity index is 0.967. The number of nitrogens with zero attached hydrogens (tertiary/aromatic N) is 2. The Morgan fingerprint density at radius 1 is 0.452 bits per heavy atom. The Morgan fingerprint density at radius 2 is 1.02 bits per heavy atom. The lowest BCUT2D eigenvalue weighted by atomic mass is 9.70. The highest BCUT2D eigenvalue weighted by molar-refractivity contribution is 6.12. The Morgan fingerprint density at radius 3 is 1.74 bits per heavy atom. The van der Waals surface area contributed by atoms with Crippen LogP contribution in [0.15, 0.2) is 227 Å². The zero-order valence-electron chi connectivity index (χ0n) is 33.8. The second-order valence-electron chi connectivity index (χ2n) is 16.2. The van der Waals surface area contributed by atoms with Gasteiger partial charge < -0.3 is 10.2 Å². The molecule has 0 fully saturated rings. The highest BCUT2D eigenvalue weighted by atomic mass is 16.3. The monoisotopic (exact) mass is 793 g/mol. The molecular weight excluding hydrogens is 755 g/mol. The molecule has 0 bridgehead atoms. The van der Waals surface area contributed by atoms with Crippen LogP contribution in [0.25, 0.3) is 66.4 Å². The molecule has 0 amide bonds. The SMILES string of the molecule is NC(=NC(=NCc1cccc2oc3ccc(-c4cccc5c4-c4ccccc4C54c5ccccc5-c5ccccc54)cc3c12)c1ccccc1)c1ccc(-c2ccccc2)cc1. The molecule has 292 valence electrons. The van der Waals surface area contributed by atoms with Gasteiger partial charge >= 0.3 is 0 Å². The smallest absolute Gasteiger partial charge is 0.157 e. The van der Waals surface area contributed by atoms with Gasteiger partial charge in [-0.25, -0.2) is 4.99 Å². The molecule has 0 saturated carbocycles. The summed E-state index contributed by atoms with van der Waals surface area (Å²) in [6.07, 6.45) is 0. The van der Waals surface area contributed by atoms with Gasteiger partial charge in [0.2, 0.25) is 0 Å². The molecule has 4 nitrogen and oxygen atoms in total. The third-order valence-corrected chi connectivity index (χ3v) is 12.9. The van der Waals surface area contributed by atoms with Gasteiger partial charge in [-0.2, -0.15) is 0 Å². The summed E-state index contributed by atoms with van der Waals surface area (Å²) in [5.41, 5.74) is 25.9. The first-order chi connectivity index (χ1) is 30.7. The van der Waals surface area contributed by atoms with Crippen LogP contribution in [-0.4, -0.2) is 11.7 Å². The fourth-order valence-electron chi connectivity index (χ4n) is 10.2. The molecule has 2 aliphatic rings. The van der Waals surface area contributed by atoms with E-state index in [-0.39, 0.29) is 0 Å². The molecule has 10 aromatic rings. The number of furan rings is 1. The third kappa shape index (κ3) is 5.47. The summed E-state index contributed by atoms with van der Waals surface area (Å²) in [4.78, 5) is 10.1. The van der Waals surface area contributed by atoms with Gasteiger partial charge in [-0.15, -0.1) is 0 Å². The number of amidine groups is 2. The Hall–Kier alpha value is -8.08. The van der Waals surface area contributed by atoms with E-state index in [9.17, 15) is 0 Å². The van der Waals surface area contributed by atoms with Crippen LogP contribution >= 0.6 is 0 Å². The van der Waals surface area contributed by atoms with Crippen molar-refractivity contribution in [3.8, 4) is 44.5 Å². The summed E-state index contributed by atoms with van der Waals surface area (Å²) in [5, 5.41) is 2.11. The van der Waals surface area contributed by atoms with E-state index in [1.54, 1.807) is 0 Å². The maximum Gasteiger partial charge on any atom is 0.157 e. The van der Waals surface area contributed by atoms with Crippen molar-refractivity contribution in [2.45, 2.75) is 12.0 Å². The molecule has 0 unspecified atom stereocenters. The maximum absolute atomic E-state index is 6.72. The quantitative estimate of drug-likeness (QED) is 0.135. The van der Waals surface area contributed by atoms with Gasteiger partial charge in [-0.05, 0) is 90.5 Å². The molecule has 2 N–H and O–H groups in total. The minimum absolute atomic E-state index is 0.388. The van der Waals surface area contributed by atoms with Gasteiger partial charge in [0.25, 0.3) is 0 Å². The van der Waals surface area contributed by atoms with Crippen molar-refractivity contribution in [1.29, 1.82) is 0 Å². The Kier molecular flexibility index (Phi) is 8.26. The van der Waals surface area contributed by atoms with E-state index in [4.69, 9.17) is 20.1 Å². The number of benzene rings is 9. The predicted molar refractivity (Wildman–Crippen MR) is 255 cm³/mol. The molecule has 0 aliphatic heterocycles. The molecule has 1 aromatic heterocycles. The van der Waals surface area contributed by atoms with Crippen LogP contribution in [0.3, 0.4) is 0 Å². The normalized spacial score (nSPS) is 13.6. The molecule has 2 aliphatic carbocycles. The topological polar surface area (TPSA) is 63.9 Å². The number of nitrogens with two attached hydrogens (primary N) is 1. The van der Waals surface area contributed by atoms with E-state index in [0.717, 1.165) is 55.3 Å². The molecule has 9 aromatic carbocycles. The zero-order valence-corrected chi connectivity index (χ0v) is 33.8. The van der Waals surface area contributed by atoms with Gasteiger partial charge in [-0.3, -0.25) is 4.99 Å². The molecule has 12 rings (SSSR count). The van der Waals surface area contributed by atoms with Crippen molar-refractivity contribution < 1.29 is 4.42 Å². The fourth-order valence-corrected chi connectivity index (χ4v) is 10.2. The van der Waals surface area contributed by atoms with Crippen LogP contribution in [0.2, 0.25) is 0 Å². The summed E-state index contributed by atoms with van der Waals surface area (Å²) >= 11 is 0. The van der Waals surface area contributed by atoms with Crippen LogP contribution < -0.4 is 5.73 Å². The average molecular weight is 794 g/mol. The van der Waals surface area contributed by atoms with E-state index >= 15 is 0 Å². The summed E-state index contributed by atoms with van der Waals surface area (Å²) in [6, 6.07) is 75.2. The number of fused-ring (bicyclic) bond motifs is 13. The molecule has 0 saturated heterocycles. The standard InChI is InChI=1S/C58H39N3O/c59-56(39-31-29-38(30-32-39)37-15-3-1-4-16-37)61-57(40-17-5-2-6-18-40)60-36-42-19-13-28-53-54(42)47-35-41(33-34-52(47)62-53)43-23-14-27-51-55(43)46-22-9-12-26-50(46)58(51)48-24-10-7-20-44(48)45-21-8-11-25-49(45)58/h1-35H,36H2,(H2,59,60,61).